The van der Waals surface area contributed by atoms with Crippen LogP contribution in [0.15, 0.2) is 24.3 Å². The molecule has 126 valence electrons. The minimum atomic E-state index is -3.56. The van der Waals surface area contributed by atoms with Crippen LogP contribution in [0, 0.1) is 16.0 Å². The lowest BCUT2D eigenvalue weighted by Crippen LogP contribution is -2.40. The maximum atomic E-state index is 12.6. The summed E-state index contributed by atoms with van der Waals surface area (Å²) < 4.78 is 27.8. The summed E-state index contributed by atoms with van der Waals surface area (Å²) in [7, 11) is -1.93. The molecule has 2 fully saturated rings. The summed E-state index contributed by atoms with van der Waals surface area (Å²) in [6.45, 7) is 0.480. The molecule has 2 aliphatic rings. The zero-order valence-corrected chi connectivity index (χ0v) is 13.5. The molecule has 0 spiro atoms. The highest BCUT2D eigenvalue weighted by atomic mass is 32.2. The second-order valence-corrected chi connectivity index (χ2v) is 8.00. The molecule has 1 N–H and O–H groups in total. The van der Waals surface area contributed by atoms with E-state index in [2.05, 4.69) is 4.72 Å². The predicted molar refractivity (Wildman–Crippen MR) is 83.0 cm³/mol. The minimum Gasteiger partial charge on any atom is -0.297 e. The van der Waals surface area contributed by atoms with Crippen molar-refractivity contribution >= 4 is 15.7 Å². The fraction of sp³-hybridized carbons (Fsp3) is 0.571. The van der Waals surface area contributed by atoms with Crippen molar-refractivity contribution in [3.8, 4) is 0 Å². The lowest BCUT2D eigenvalue weighted by Gasteiger charge is -2.23. The Hall–Kier alpha value is -1.55. The van der Waals surface area contributed by atoms with Gasteiger partial charge in [0.1, 0.15) is 5.25 Å². The van der Waals surface area contributed by atoms with Crippen LogP contribution in [0.5, 0.6) is 0 Å². The van der Waals surface area contributed by atoms with Crippen molar-refractivity contribution in [2.75, 3.05) is 20.2 Å². The number of nitrogens with one attached hydrogen (secondary N) is 1. The average molecular weight is 341 g/mol. The molecule has 3 rings (SSSR count). The molecule has 1 saturated carbocycles. The Morgan fingerprint density at radius 3 is 2.83 bits per heavy atom. The van der Waals surface area contributed by atoms with Crippen molar-refractivity contribution in [2.45, 2.75) is 24.1 Å². The van der Waals surface area contributed by atoms with Gasteiger partial charge in [0.05, 0.1) is 17.6 Å². The molecule has 1 saturated heterocycles. The van der Waals surface area contributed by atoms with E-state index in [-0.39, 0.29) is 12.3 Å². The molecule has 2 atom stereocenters. The number of nitro benzene ring substituents is 1. The molecule has 1 aliphatic carbocycles. The Morgan fingerprint density at radius 1 is 1.43 bits per heavy atom. The van der Waals surface area contributed by atoms with E-state index in [9.17, 15) is 18.5 Å². The Bertz CT molecular complexity index is 704. The number of hydrogen-bond acceptors (Lipinski definition) is 6. The van der Waals surface area contributed by atoms with Crippen LogP contribution in [0.1, 0.15) is 24.4 Å². The molecule has 2 unspecified atom stereocenters. The van der Waals surface area contributed by atoms with Crippen LogP contribution < -0.4 is 4.72 Å². The van der Waals surface area contributed by atoms with E-state index in [1.807, 2.05) is 0 Å². The largest absolute Gasteiger partial charge is 0.297 e. The number of hydrogen-bond donors (Lipinski definition) is 1. The van der Waals surface area contributed by atoms with Gasteiger partial charge in [-0.05, 0) is 24.3 Å². The second-order valence-electron chi connectivity index (χ2n) is 6.01. The Balaban J connectivity index is 1.85. The molecule has 23 heavy (non-hydrogen) atoms. The van der Waals surface area contributed by atoms with E-state index in [0.717, 1.165) is 12.8 Å². The van der Waals surface area contributed by atoms with E-state index < -0.39 is 26.2 Å². The van der Waals surface area contributed by atoms with Crippen molar-refractivity contribution in [1.82, 2.24) is 9.79 Å². The Kier molecular flexibility index (Phi) is 4.37. The van der Waals surface area contributed by atoms with Crippen LogP contribution in [0.3, 0.4) is 0 Å². The lowest BCUT2D eigenvalue weighted by atomic mass is 10.0. The van der Waals surface area contributed by atoms with Crippen molar-refractivity contribution in [3.63, 3.8) is 0 Å². The molecular weight excluding hydrogens is 322 g/mol. The SMILES string of the molecule is CN1OCC(S(=O)(=O)NCC2CC2)C1c1cccc([N+](=O)[O-])c1. The van der Waals surface area contributed by atoms with Gasteiger partial charge in [-0.25, -0.2) is 13.1 Å². The summed E-state index contributed by atoms with van der Waals surface area (Å²) in [5.41, 5.74) is 0.492. The number of nitro groups is 1. The highest BCUT2D eigenvalue weighted by Gasteiger charge is 2.43. The van der Waals surface area contributed by atoms with Gasteiger partial charge in [0.15, 0.2) is 0 Å². The summed E-state index contributed by atoms with van der Waals surface area (Å²) in [6.07, 6.45) is 2.11. The molecule has 0 amide bonds. The molecule has 1 heterocycles. The van der Waals surface area contributed by atoms with Gasteiger partial charge < -0.3 is 0 Å². The van der Waals surface area contributed by atoms with Gasteiger partial charge in [0.25, 0.3) is 5.69 Å². The molecule has 0 radical (unpaired) electrons. The predicted octanol–water partition coefficient (Wildman–Crippen LogP) is 1.21. The highest BCUT2D eigenvalue weighted by Crippen LogP contribution is 2.35. The fourth-order valence-electron chi connectivity index (χ4n) is 2.77. The molecule has 0 bridgehead atoms. The number of benzene rings is 1. The van der Waals surface area contributed by atoms with Gasteiger partial charge in [-0.1, -0.05) is 12.1 Å². The fourth-order valence-corrected chi connectivity index (χ4v) is 4.36. The van der Waals surface area contributed by atoms with Crippen molar-refractivity contribution in [3.05, 3.63) is 39.9 Å². The number of non-ortho nitro benzene ring substituents is 1. The van der Waals surface area contributed by atoms with Crippen LogP contribution in [0.25, 0.3) is 0 Å². The smallest absolute Gasteiger partial charge is 0.269 e. The average Bonchev–Trinajstić information content (AvgIpc) is 3.26. The molecule has 9 heteroatoms. The standard InChI is InChI=1S/C14H19N3O5S/c1-16-14(11-3-2-4-12(7-11)17(18)19)13(9-22-16)23(20,21)15-8-10-5-6-10/h2-4,7,10,13-15H,5-6,8-9H2,1H3. The molecule has 0 aromatic heterocycles. The Labute approximate surface area is 134 Å². The third-order valence-corrected chi connectivity index (χ3v) is 6.04. The van der Waals surface area contributed by atoms with E-state index in [4.69, 9.17) is 4.84 Å². The topological polar surface area (TPSA) is 102 Å². The first kappa shape index (κ1) is 16.3. The lowest BCUT2D eigenvalue weighted by molar-refractivity contribution is -0.385. The van der Waals surface area contributed by atoms with Gasteiger partial charge in [0, 0.05) is 25.7 Å². The molecule has 1 aromatic carbocycles. The summed E-state index contributed by atoms with van der Waals surface area (Å²) in [5, 5.41) is 11.6. The molecule has 8 nitrogen and oxygen atoms in total. The van der Waals surface area contributed by atoms with Gasteiger partial charge in [0.2, 0.25) is 10.0 Å². The maximum absolute atomic E-state index is 12.6. The molecule has 1 aromatic rings. The minimum absolute atomic E-state index is 0.0316. The number of nitrogens with zero attached hydrogens (tertiary/aromatic N) is 2. The van der Waals surface area contributed by atoms with E-state index in [1.54, 1.807) is 19.2 Å². The first-order valence-corrected chi connectivity index (χ1v) is 9.01. The number of rotatable bonds is 6. The Morgan fingerprint density at radius 2 is 2.17 bits per heavy atom. The van der Waals surface area contributed by atoms with Crippen molar-refractivity contribution in [1.29, 1.82) is 0 Å². The van der Waals surface area contributed by atoms with Crippen LogP contribution in [-0.2, 0) is 14.9 Å². The molecule has 1 aliphatic heterocycles. The summed E-state index contributed by atoms with van der Waals surface area (Å²) >= 11 is 0. The van der Waals surface area contributed by atoms with Crippen LogP contribution >= 0.6 is 0 Å². The van der Waals surface area contributed by atoms with Gasteiger partial charge >= 0.3 is 0 Å². The third-order valence-electron chi connectivity index (χ3n) is 4.28. The maximum Gasteiger partial charge on any atom is 0.269 e. The zero-order valence-electron chi connectivity index (χ0n) is 12.7. The van der Waals surface area contributed by atoms with Gasteiger partial charge in [-0.2, -0.15) is 5.06 Å². The van der Waals surface area contributed by atoms with E-state index in [1.165, 1.54) is 17.2 Å². The summed E-state index contributed by atoms with van der Waals surface area (Å²) in [6, 6.07) is 5.45. The zero-order chi connectivity index (χ0) is 16.6. The third kappa shape index (κ3) is 3.52. The highest BCUT2D eigenvalue weighted by molar-refractivity contribution is 7.90. The first-order chi connectivity index (χ1) is 10.9. The first-order valence-electron chi connectivity index (χ1n) is 7.47. The van der Waals surface area contributed by atoms with Crippen LogP contribution in [-0.4, -0.2) is 43.9 Å². The van der Waals surface area contributed by atoms with Crippen LogP contribution in [0.4, 0.5) is 5.69 Å². The summed E-state index contributed by atoms with van der Waals surface area (Å²) in [5.74, 6) is 0.432. The van der Waals surface area contributed by atoms with Gasteiger partial charge in [-0.3, -0.25) is 15.0 Å². The second kappa shape index (κ2) is 6.16. The number of sulfonamides is 1. The number of hydroxylamine groups is 2. The van der Waals surface area contributed by atoms with Crippen molar-refractivity contribution < 1.29 is 18.2 Å². The quantitative estimate of drug-likeness (QED) is 0.616. The van der Waals surface area contributed by atoms with Crippen LogP contribution in [0.2, 0.25) is 0 Å². The van der Waals surface area contributed by atoms with Crippen molar-refractivity contribution in [2.24, 2.45) is 5.92 Å². The molecular formula is C14H19N3O5S. The monoisotopic (exact) mass is 341 g/mol. The van der Waals surface area contributed by atoms with Gasteiger partial charge in [-0.15, -0.1) is 0 Å². The normalized spacial score (nSPS) is 25.6. The van der Waals surface area contributed by atoms with E-state index >= 15 is 0 Å². The summed E-state index contributed by atoms with van der Waals surface area (Å²) in [4.78, 5) is 15.8. The van der Waals surface area contributed by atoms with E-state index in [0.29, 0.717) is 18.0 Å².